The van der Waals surface area contributed by atoms with Crippen LogP contribution in [0.1, 0.15) is 22.8 Å². The van der Waals surface area contributed by atoms with Crippen LogP contribution in [0, 0.1) is 12.7 Å². The quantitative estimate of drug-likeness (QED) is 0.704. The Labute approximate surface area is 127 Å². The van der Waals surface area contributed by atoms with E-state index in [2.05, 4.69) is 0 Å². The Morgan fingerprint density at radius 1 is 0.952 bits per heavy atom. The molecule has 1 unspecified atom stereocenters. The highest BCUT2D eigenvalue weighted by molar-refractivity contribution is 6.35. The van der Waals surface area contributed by atoms with E-state index < -0.39 is 6.10 Å². The SMILES string of the molecule is Cc1ccc(F)cc1C(O)c1ccc(Cl)c2ccccc12. The van der Waals surface area contributed by atoms with Crippen LogP contribution < -0.4 is 0 Å². The van der Waals surface area contributed by atoms with Gasteiger partial charge < -0.3 is 5.11 Å². The van der Waals surface area contributed by atoms with Gasteiger partial charge in [0.15, 0.2) is 0 Å². The molecule has 3 aromatic rings. The molecule has 0 saturated carbocycles. The number of halogens is 2. The summed E-state index contributed by atoms with van der Waals surface area (Å²) in [7, 11) is 0. The first kappa shape index (κ1) is 14.1. The molecule has 1 N–H and O–H groups in total. The average molecular weight is 301 g/mol. The first-order chi connectivity index (χ1) is 10.1. The number of fused-ring (bicyclic) bond motifs is 1. The topological polar surface area (TPSA) is 20.2 Å². The van der Waals surface area contributed by atoms with Gasteiger partial charge in [0.2, 0.25) is 0 Å². The molecule has 0 aliphatic carbocycles. The number of hydrogen-bond acceptors (Lipinski definition) is 1. The Morgan fingerprint density at radius 2 is 1.67 bits per heavy atom. The number of aliphatic hydroxyl groups is 1. The van der Waals surface area contributed by atoms with Crippen LogP contribution in [0.3, 0.4) is 0 Å². The number of rotatable bonds is 2. The van der Waals surface area contributed by atoms with E-state index in [-0.39, 0.29) is 5.82 Å². The number of aliphatic hydroxyl groups excluding tert-OH is 1. The van der Waals surface area contributed by atoms with Crippen LogP contribution in [0.4, 0.5) is 4.39 Å². The fraction of sp³-hybridized carbons (Fsp3) is 0.111. The number of benzene rings is 3. The van der Waals surface area contributed by atoms with Crippen molar-refractivity contribution in [1.29, 1.82) is 0 Å². The standard InChI is InChI=1S/C18H14ClFO/c1-11-6-7-12(20)10-16(11)18(21)15-8-9-17(19)14-5-3-2-4-13(14)15/h2-10,18,21H,1H3. The van der Waals surface area contributed by atoms with E-state index in [4.69, 9.17) is 11.6 Å². The first-order valence-corrected chi connectivity index (χ1v) is 7.07. The first-order valence-electron chi connectivity index (χ1n) is 6.69. The van der Waals surface area contributed by atoms with Gasteiger partial charge in [-0.05, 0) is 47.2 Å². The second kappa shape index (κ2) is 5.47. The van der Waals surface area contributed by atoms with Crippen molar-refractivity contribution in [3.8, 4) is 0 Å². The monoisotopic (exact) mass is 300 g/mol. The lowest BCUT2D eigenvalue weighted by Crippen LogP contribution is -2.03. The summed E-state index contributed by atoms with van der Waals surface area (Å²) in [6.07, 6.45) is -0.886. The molecule has 3 aromatic carbocycles. The third-order valence-electron chi connectivity index (χ3n) is 3.74. The summed E-state index contributed by atoms with van der Waals surface area (Å²) in [6.45, 7) is 1.86. The second-order valence-corrected chi connectivity index (χ2v) is 5.49. The smallest absolute Gasteiger partial charge is 0.123 e. The molecule has 0 fully saturated rings. The lowest BCUT2D eigenvalue weighted by atomic mass is 9.93. The predicted molar refractivity (Wildman–Crippen MR) is 84.2 cm³/mol. The minimum atomic E-state index is -0.886. The average Bonchev–Trinajstić information content (AvgIpc) is 2.50. The van der Waals surface area contributed by atoms with E-state index >= 15 is 0 Å². The molecule has 3 rings (SSSR count). The molecule has 0 aliphatic heterocycles. The zero-order valence-corrected chi connectivity index (χ0v) is 12.2. The van der Waals surface area contributed by atoms with Crippen molar-refractivity contribution in [2.45, 2.75) is 13.0 Å². The van der Waals surface area contributed by atoms with Gasteiger partial charge in [-0.2, -0.15) is 0 Å². The van der Waals surface area contributed by atoms with Crippen LogP contribution in [0.5, 0.6) is 0 Å². The van der Waals surface area contributed by atoms with E-state index in [1.54, 1.807) is 18.2 Å². The van der Waals surface area contributed by atoms with Gasteiger partial charge in [-0.25, -0.2) is 4.39 Å². The van der Waals surface area contributed by atoms with E-state index in [1.807, 2.05) is 31.2 Å². The summed E-state index contributed by atoms with van der Waals surface area (Å²) in [4.78, 5) is 0. The second-order valence-electron chi connectivity index (χ2n) is 5.09. The fourth-order valence-electron chi connectivity index (χ4n) is 2.60. The zero-order chi connectivity index (χ0) is 15.0. The molecule has 0 aromatic heterocycles. The van der Waals surface area contributed by atoms with Crippen molar-refractivity contribution in [3.05, 3.63) is 82.1 Å². The molecule has 1 nitrogen and oxygen atoms in total. The van der Waals surface area contributed by atoms with Crippen LogP contribution in [-0.2, 0) is 0 Å². The molecule has 0 saturated heterocycles. The summed E-state index contributed by atoms with van der Waals surface area (Å²) < 4.78 is 13.5. The van der Waals surface area contributed by atoms with Gasteiger partial charge in [0.25, 0.3) is 0 Å². The molecule has 0 radical (unpaired) electrons. The van der Waals surface area contributed by atoms with Crippen LogP contribution in [-0.4, -0.2) is 5.11 Å². The van der Waals surface area contributed by atoms with Crippen molar-refractivity contribution in [2.75, 3.05) is 0 Å². The Balaban J connectivity index is 2.20. The zero-order valence-electron chi connectivity index (χ0n) is 11.5. The van der Waals surface area contributed by atoms with E-state index in [0.717, 1.165) is 21.9 Å². The van der Waals surface area contributed by atoms with Crippen molar-refractivity contribution in [2.24, 2.45) is 0 Å². The van der Waals surface area contributed by atoms with Gasteiger partial charge >= 0.3 is 0 Å². The summed E-state index contributed by atoms with van der Waals surface area (Å²) in [5.41, 5.74) is 2.15. The number of aryl methyl sites for hydroxylation is 1. The maximum atomic E-state index is 13.5. The lowest BCUT2D eigenvalue weighted by molar-refractivity contribution is 0.220. The van der Waals surface area contributed by atoms with Crippen molar-refractivity contribution in [1.82, 2.24) is 0 Å². The van der Waals surface area contributed by atoms with E-state index in [1.165, 1.54) is 12.1 Å². The van der Waals surface area contributed by atoms with Crippen LogP contribution in [0.2, 0.25) is 5.02 Å². The number of hydrogen-bond donors (Lipinski definition) is 1. The summed E-state index contributed by atoms with van der Waals surface area (Å²) in [6, 6.07) is 15.6. The Hall–Kier alpha value is -1.90. The molecule has 0 amide bonds. The Kier molecular flexibility index (Phi) is 3.66. The Bertz CT molecular complexity index is 813. The van der Waals surface area contributed by atoms with Gasteiger partial charge in [-0.3, -0.25) is 0 Å². The minimum absolute atomic E-state index is 0.354. The van der Waals surface area contributed by atoms with Crippen molar-refractivity contribution in [3.63, 3.8) is 0 Å². The molecule has 1 atom stereocenters. The van der Waals surface area contributed by atoms with Crippen LogP contribution >= 0.6 is 11.6 Å². The molecule has 0 bridgehead atoms. The lowest BCUT2D eigenvalue weighted by Gasteiger charge is -2.17. The minimum Gasteiger partial charge on any atom is -0.384 e. The summed E-state index contributed by atoms with van der Waals surface area (Å²) in [5, 5.41) is 13.1. The normalized spacial score (nSPS) is 12.6. The third kappa shape index (κ3) is 2.53. The molecular weight excluding hydrogens is 287 g/mol. The van der Waals surface area contributed by atoms with Crippen molar-refractivity contribution >= 4 is 22.4 Å². The molecule has 21 heavy (non-hydrogen) atoms. The van der Waals surface area contributed by atoms with Gasteiger partial charge in [0, 0.05) is 10.4 Å². The summed E-state index contributed by atoms with van der Waals surface area (Å²) >= 11 is 6.19. The highest BCUT2D eigenvalue weighted by Gasteiger charge is 2.17. The molecule has 3 heteroatoms. The van der Waals surface area contributed by atoms with Crippen molar-refractivity contribution < 1.29 is 9.50 Å². The maximum Gasteiger partial charge on any atom is 0.123 e. The van der Waals surface area contributed by atoms with Gasteiger partial charge in [-0.1, -0.05) is 48.0 Å². The molecule has 0 aliphatic rings. The summed E-state index contributed by atoms with van der Waals surface area (Å²) in [5.74, 6) is -0.354. The van der Waals surface area contributed by atoms with Gasteiger partial charge in [-0.15, -0.1) is 0 Å². The Morgan fingerprint density at radius 3 is 2.43 bits per heavy atom. The predicted octanol–water partition coefficient (Wildman–Crippen LogP) is 5.02. The highest BCUT2D eigenvalue weighted by atomic mass is 35.5. The van der Waals surface area contributed by atoms with Gasteiger partial charge in [0.1, 0.15) is 11.9 Å². The van der Waals surface area contributed by atoms with Crippen LogP contribution in [0.25, 0.3) is 10.8 Å². The largest absolute Gasteiger partial charge is 0.384 e. The third-order valence-corrected chi connectivity index (χ3v) is 4.06. The fourth-order valence-corrected chi connectivity index (χ4v) is 2.83. The molecule has 106 valence electrons. The van der Waals surface area contributed by atoms with E-state index in [0.29, 0.717) is 10.6 Å². The molecule has 0 heterocycles. The molecule has 0 spiro atoms. The van der Waals surface area contributed by atoms with Crippen LogP contribution in [0.15, 0.2) is 54.6 Å². The van der Waals surface area contributed by atoms with Gasteiger partial charge in [0.05, 0.1) is 0 Å². The molecular formula is C18H14ClFO. The highest BCUT2D eigenvalue weighted by Crippen LogP contribution is 2.33. The van der Waals surface area contributed by atoms with E-state index in [9.17, 15) is 9.50 Å². The maximum absolute atomic E-state index is 13.5.